The zero-order chi connectivity index (χ0) is 20.1. The molecule has 0 N–H and O–H groups in total. The second-order valence-corrected chi connectivity index (χ2v) is 6.66. The van der Waals surface area contributed by atoms with Gasteiger partial charge in [-0.1, -0.05) is 49.4 Å². The molecule has 2 heterocycles. The summed E-state index contributed by atoms with van der Waals surface area (Å²) in [5.41, 5.74) is 2.03. The van der Waals surface area contributed by atoms with Crippen LogP contribution in [0.1, 0.15) is 36.5 Å². The monoisotopic (exact) mass is 380 g/mol. The van der Waals surface area contributed by atoms with E-state index in [0.717, 1.165) is 34.3 Å². The van der Waals surface area contributed by atoms with Gasteiger partial charge in [0.25, 0.3) is 0 Å². The van der Waals surface area contributed by atoms with Crippen molar-refractivity contribution in [2.24, 2.45) is 0 Å². The van der Waals surface area contributed by atoms with Crippen LogP contribution < -0.4 is 4.74 Å². The van der Waals surface area contributed by atoms with Gasteiger partial charge in [-0.05, 0) is 42.3 Å². The van der Waals surface area contributed by atoms with Gasteiger partial charge >= 0.3 is 0 Å². The summed E-state index contributed by atoms with van der Waals surface area (Å²) in [5, 5.41) is 11.6. The van der Waals surface area contributed by atoms with Gasteiger partial charge in [0.15, 0.2) is 11.9 Å². The molecule has 2 aromatic carbocycles. The molecule has 4 nitrogen and oxygen atoms in total. The summed E-state index contributed by atoms with van der Waals surface area (Å²) in [4.78, 5) is 4.26. The number of nitriles is 1. The molecular weight excluding hydrogens is 360 g/mol. The van der Waals surface area contributed by atoms with Crippen LogP contribution in [0.5, 0.6) is 5.75 Å². The molecule has 0 radical (unpaired) electrons. The maximum atomic E-state index is 9.52. The molecule has 29 heavy (non-hydrogen) atoms. The minimum absolute atomic E-state index is 0.194. The van der Waals surface area contributed by atoms with Crippen molar-refractivity contribution in [3.63, 3.8) is 0 Å². The lowest BCUT2D eigenvalue weighted by molar-refractivity contribution is 0.174. The Bertz CT molecular complexity index is 1190. The average molecular weight is 380 g/mol. The first-order chi connectivity index (χ1) is 14.3. The summed E-state index contributed by atoms with van der Waals surface area (Å²) in [6, 6.07) is 23.5. The van der Waals surface area contributed by atoms with Crippen LogP contribution in [0.15, 0.2) is 83.6 Å². The number of ether oxygens (including phenoxy) is 1. The maximum absolute atomic E-state index is 9.52. The normalized spacial score (nSPS) is 12.5. The molecule has 0 aliphatic carbocycles. The molecule has 0 saturated heterocycles. The van der Waals surface area contributed by atoms with Gasteiger partial charge in [0.05, 0.1) is 17.5 Å². The number of aromatic nitrogens is 1. The van der Waals surface area contributed by atoms with Crippen molar-refractivity contribution in [3.8, 4) is 11.8 Å². The molecule has 0 fully saturated rings. The molecule has 0 saturated carbocycles. The lowest BCUT2D eigenvalue weighted by atomic mass is 10.1. The fourth-order valence-corrected chi connectivity index (χ4v) is 3.28. The SMILES string of the molecule is CC[C@@H](Oc1cccc(C=C(C#N)c2ccccn2)c1)c1occ2ccccc12. The first-order valence-electron chi connectivity index (χ1n) is 9.54. The molecule has 4 rings (SSSR count). The van der Waals surface area contributed by atoms with Crippen LogP contribution >= 0.6 is 0 Å². The zero-order valence-electron chi connectivity index (χ0n) is 16.1. The molecule has 4 heteroatoms. The highest BCUT2D eigenvalue weighted by Gasteiger charge is 2.18. The molecular formula is C25H20N2O2. The minimum Gasteiger partial charge on any atom is -0.482 e. The van der Waals surface area contributed by atoms with Gasteiger partial charge in [-0.2, -0.15) is 5.26 Å². The Hall–Kier alpha value is -3.84. The lowest BCUT2D eigenvalue weighted by Gasteiger charge is -2.16. The van der Waals surface area contributed by atoms with Crippen LogP contribution in [0.25, 0.3) is 22.4 Å². The number of hydrogen-bond acceptors (Lipinski definition) is 4. The lowest BCUT2D eigenvalue weighted by Crippen LogP contribution is -2.05. The molecule has 0 aliphatic rings. The Morgan fingerprint density at radius 3 is 2.79 bits per heavy atom. The summed E-state index contributed by atoms with van der Waals surface area (Å²) in [7, 11) is 0. The third kappa shape index (κ3) is 4.04. The highest BCUT2D eigenvalue weighted by Crippen LogP contribution is 2.32. The van der Waals surface area contributed by atoms with Crippen LogP contribution in [0.3, 0.4) is 0 Å². The van der Waals surface area contributed by atoms with Crippen molar-refractivity contribution in [1.29, 1.82) is 5.26 Å². The van der Waals surface area contributed by atoms with E-state index >= 15 is 0 Å². The Balaban J connectivity index is 1.61. The number of hydrogen-bond donors (Lipinski definition) is 0. The molecule has 4 aromatic rings. The van der Waals surface area contributed by atoms with E-state index < -0.39 is 0 Å². The average Bonchev–Trinajstić information content (AvgIpc) is 3.21. The number of furan rings is 1. The van der Waals surface area contributed by atoms with Crippen molar-refractivity contribution < 1.29 is 9.15 Å². The topological polar surface area (TPSA) is 59.0 Å². The Morgan fingerprint density at radius 2 is 2.00 bits per heavy atom. The van der Waals surface area contributed by atoms with Gasteiger partial charge in [0.1, 0.15) is 11.8 Å². The molecule has 2 aromatic heterocycles. The van der Waals surface area contributed by atoms with Crippen molar-refractivity contribution in [1.82, 2.24) is 4.98 Å². The first kappa shape index (κ1) is 18.5. The Morgan fingerprint density at radius 1 is 1.14 bits per heavy atom. The second kappa shape index (κ2) is 8.45. The maximum Gasteiger partial charge on any atom is 0.156 e. The van der Waals surface area contributed by atoms with Crippen molar-refractivity contribution in [2.45, 2.75) is 19.4 Å². The highest BCUT2D eigenvalue weighted by atomic mass is 16.5. The summed E-state index contributed by atoms with van der Waals surface area (Å²) >= 11 is 0. The summed E-state index contributed by atoms with van der Waals surface area (Å²) in [5.74, 6) is 1.56. The van der Waals surface area contributed by atoms with Crippen LogP contribution in [-0.2, 0) is 0 Å². The largest absolute Gasteiger partial charge is 0.482 e. The third-order valence-electron chi connectivity index (χ3n) is 4.71. The van der Waals surface area contributed by atoms with Crippen LogP contribution in [0.4, 0.5) is 0 Å². The molecule has 0 amide bonds. The van der Waals surface area contributed by atoms with E-state index in [1.165, 1.54) is 0 Å². The molecule has 1 atom stereocenters. The first-order valence-corrected chi connectivity index (χ1v) is 9.54. The number of allylic oxidation sites excluding steroid dienone is 1. The van der Waals surface area contributed by atoms with E-state index in [1.54, 1.807) is 12.5 Å². The van der Waals surface area contributed by atoms with Gasteiger partial charge in [-0.15, -0.1) is 0 Å². The Labute approximate surface area is 169 Å². The summed E-state index contributed by atoms with van der Waals surface area (Å²) in [6.07, 6.45) is 5.84. The summed E-state index contributed by atoms with van der Waals surface area (Å²) in [6.45, 7) is 2.07. The van der Waals surface area contributed by atoms with Gasteiger partial charge in [0.2, 0.25) is 0 Å². The number of nitrogens with zero attached hydrogens (tertiary/aromatic N) is 2. The predicted octanol–water partition coefficient (Wildman–Crippen LogP) is 6.42. The number of pyridine rings is 1. The van der Waals surface area contributed by atoms with Gasteiger partial charge in [0, 0.05) is 17.0 Å². The van der Waals surface area contributed by atoms with E-state index in [2.05, 4.69) is 18.0 Å². The molecule has 0 spiro atoms. The van der Waals surface area contributed by atoms with Gasteiger partial charge in [-0.25, -0.2) is 0 Å². The van der Waals surface area contributed by atoms with Crippen molar-refractivity contribution in [3.05, 3.63) is 96.2 Å². The van der Waals surface area contributed by atoms with E-state index in [0.29, 0.717) is 11.3 Å². The molecule has 0 unspecified atom stereocenters. The van der Waals surface area contributed by atoms with Crippen LogP contribution in [0, 0.1) is 11.3 Å². The van der Waals surface area contributed by atoms with E-state index in [1.807, 2.05) is 72.8 Å². The molecule has 0 aliphatic heterocycles. The zero-order valence-corrected chi connectivity index (χ0v) is 16.1. The number of benzene rings is 2. The quantitative estimate of drug-likeness (QED) is 0.362. The standard InChI is InChI=1S/C25H20N2O2/c1-2-24(25-22-11-4-3-9-19(22)17-28-25)29-21-10-7-8-18(15-21)14-20(16-26)23-12-5-6-13-27-23/h3-15,17,24H,2H2,1H3/t24-/m1/s1. The fraction of sp³-hybridized carbons (Fsp3) is 0.120. The van der Waals surface area contributed by atoms with E-state index in [4.69, 9.17) is 9.15 Å². The number of rotatable bonds is 6. The van der Waals surface area contributed by atoms with Gasteiger partial charge < -0.3 is 9.15 Å². The van der Waals surface area contributed by atoms with Crippen molar-refractivity contribution >= 4 is 22.4 Å². The second-order valence-electron chi connectivity index (χ2n) is 6.66. The van der Waals surface area contributed by atoms with Crippen molar-refractivity contribution in [2.75, 3.05) is 0 Å². The van der Waals surface area contributed by atoms with Gasteiger partial charge in [-0.3, -0.25) is 4.98 Å². The smallest absolute Gasteiger partial charge is 0.156 e. The minimum atomic E-state index is -0.194. The van der Waals surface area contributed by atoms with E-state index in [-0.39, 0.29) is 6.10 Å². The predicted molar refractivity (Wildman–Crippen MR) is 114 cm³/mol. The van der Waals surface area contributed by atoms with Crippen LogP contribution in [-0.4, -0.2) is 4.98 Å². The third-order valence-corrected chi connectivity index (χ3v) is 4.71. The van der Waals surface area contributed by atoms with Crippen LogP contribution in [0.2, 0.25) is 0 Å². The molecule has 142 valence electrons. The summed E-state index contributed by atoms with van der Waals surface area (Å²) < 4.78 is 12.1. The fourth-order valence-electron chi connectivity index (χ4n) is 3.28. The molecule has 0 bridgehead atoms. The Kier molecular flexibility index (Phi) is 5.40. The number of fused-ring (bicyclic) bond motifs is 1. The highest BCUT2D eigenvalue weighted by molar-refractivity contribution is 5.88. The van der Waals surface area contributed by atoms with E-state index in [9.17, 15) is 5.26 Å².